The van der Waals surface area contributed by atoms with Gasteiger partial charge in [-0.25, -0.2) is 9.78 Å². The molecule has 1 aromatic heterocycles. The quantitative estimate of drug-likeness (QED) is 0.195. The van der Waals surface area contributed by atoms with Crippen molar-refractivity contribution >= 4 is 23.1 Å². The molecule has 1 aliphatic heterocycles. The fourth-order valence-corrected chi connectivity index (χ4v) is 6.98. The maximum atomic E-state index is 13.4. The Kier molecular flexibility index (Phi) is 7.79. The van der Waals surface area contributed by atoms with E-state index in [1.165, 1.54) is 5.52 Å². The third-order valence-corrected chi connectivity index (χ3v) is 9.23. The van der Waals surface area contributed by atoms with Gasteiger partial charge in [0.2, 0.25) is 5.95 Å². The van der Waals surface area contributed by atoms with Gasteiger partial charge < -0.3 is 19.5 Å². The van der Waals surface area contributed by atoms with E-state index in [0.717, 1.165) is 91.3 Å². The van der Waals surface area contributed by atoms with Gasteiger partial charge in [-0.1, -0.05) is 91.0 Å². The number of nitrogens with zero attached hydrogens (tertiary/aromatic N) is 4. The van der Waals surface area contributed by atoms with Crippen molar-refractivity contribution in [1.82, 2.24) is 19.8 Å². The first-order chi connectivity index (χ1) is 21.6. The summed E-state index contributed by atoms with van der Waals surface area (Å²) in [5.74, 6) is 1.05. The van der Waals surface area contributed by atoms with E-state index in [1.54, 1.807) is 0 Å². The number of piperazine rings is 1. The number of hydrogen-bond donors (Lipinski definition) is 1. The molecule has 1 N–H and O–H groups in total. The summed E-state index contributed by atoms with van der Waals surface area (Å²) in [5.41, 5.74) is 6.90. The number of carbonyl (C=O) groups excluding carboxylic acids is 1. The number of alkyl carbamates (subject to hydrolysis) is 1. The molecule has 0 radical (unpaired) electrons. The van der Waals surface area contributed by atoms with Gasteiger partial charge in [-0.15, -0.1) is 0 Å². The highest BCUT2D eigenvalue weighted by molar-refractivity contribution is 5.82. The zero-order valence-electron chi connectivity index (χ0n) is 25.3. The molecular formula is C37H39N5O2. The average Bonchev–Trinajstić information content (AvgIpc) is 3.55. The van der Waals surface area contributed by atoms with Crippen LogP contribution in [-0.4, -0.2) is 53.3 Å². The summed E-state index contributed by atoms with van der Waals surface area (Å²) < 4.78 is 8.69. The largest absolute Gasteiger partial charge is 0.433 e. The van der Waals surface area contributed by atoms with Gasteiger partial charge in [-0.05, 0) is 54.6 Å². The Balaban J connectivity index is 1.01. The van der Waals surface area contributed by atoms with Gasteiger partial charge in [0.15, 0.2) is 5.60 Å². The Morgan fingerprint density at radius 1 is 0.795 bits per heavy atom. The molecule has 0 unspecified atom stereocenters. The lowest BCUT2D eigenvalue weighted by Crippen LogP contribution is -2.47. The fourth-order valence-electron chi connectivity index (χ4n) is 6.98. The summed E-state index contributed by atoms with van der Waals surface area (Å²) in [6, 6.07) is 35.1. The maximum Gasteiger partial charge on any atom is 0.408 e. The standard InChI is InChI=1S/C37H39N5O2/c1-40-34-20-10-9-19-33(34)39-35(40)42-25-23-41(24-26-42)22-12-11-21-37(44-36(43)38-27-28-13-3-2-4-14-28)31-17-7-5-15-29(31)30-16-6-8-18-32(30)37/h2-10,13-20H,11-12,21-27H2,1H3,(H,38,43). The van der Waals surface area contributed by atoms with Crippen molar-refractivity contribution in [2.75, 3.05) is 37.6 Å². The second kappa shape index (κ2) is 12.2. The zero-order chi connectivity index (χ0) is 29.9. The van der Waals surface area contributed by atoms with Gasteiger partial charge in [0.1, 0.15) is 0 Å². The molecule has 7 rings (SSSR count). The number of para-hydroxylation sites is 2. The van der Waals surface area contributed by atoms with E-state index < -0.39 is 11.7 Å². The van der Waals surface area contributed by atoms with E-state index in [-0.39, 0.29) is 0 Å². The van der Waals surface area contributed by atoms with E-state index in [2.05, 4.69) is 93.5 Å². The zero-order valence-corrected chi connectivity index (χ0v) is 25.3. The van der Waals surface area contributed by atoms with Crippen molar-refractivity contribution in [1.29, 1.82) is 0 Å². The number of rotatable bonds is 9. The number of amides is 1. The van der Waals surface area contributed by atoms with E-state index in [0.29, 0.717) is 6.54 Å². The van der Waals surface area contributed by atoms with Crippen molar-refractivity contribution < 1.29 is 9.53 Å². The molecule has 1 saturated heterocycles. The number of aromatic nitrogens is 2. The highest BCUT2D eigenvalue weighted by Crippen LogP contribution is 2.52. The van der Waals surface area contributed by atoms with E-state index in [9.17, 15) is 4.79 Å². The molecule has 2 aliphatic rings. The lowest BCUT2D eigenvalue weighted by molar-refractivity contribution is 0.0325. The lowest BCUT2D eigenvalue weighted by Gasteiger charge is -2.35. The van der Waals surface area contributed by atoms with Crippen LogP contribution < -0.4 is 10.2 Å². The third-order valence-electron chi connectivity index (χ3n) is 9.23. The van der Waals surface area contributed by atoms with Crippen LogP contribution in [0, 0.1) is 0 Å². The Morgan fingerprint density at radius 3 is 2.14 bits per heavy atom. The van der Waals surface area contributed by atoms with E-state index >= 15 is 0 Å². The van der Waals surface area contributed by atoms with Crippen molar-refractivity contribution in [2.45, 2.75) is 31.4 Å². The second-order valence-corrected chi connectivity index (χ2v) is 11.9. The summed E-state index contributed by atoms with van der Waals surface area (Å²) in [6.45, 7) is 5.41. The number of imidazole rings is 1. The van der Waals surface area contributed by atoms with Gasteiger partial charge in [-0.3, -0.25) is 4.90 Å². The summed E-state index contributed by atoms with van der Waals surface area (Å²) >= 11 is 0. The highest BCUT2D eigenvalue weighted by Gasteiger charge is 2.46. The first-order valence-electron chi connectivity index (χ1n) is 15.7. The molecule has 1 aliphatic carbocycles. The normalized spacial score (nSPS) is 15.6. The molecule has 0 spiro atoms. The van der Waals surface area contributed by atoms with Gasteiger partial charge in [-0.2, -0.15) is 0 Å². The third kappa shape index (κ3) is 5.33. The Hall–Kier alpha value is -4.62. The van der Waals surface area contributed by atoms with Crippen LogP contribution in [0.2, 0.25) is 0 Å². The fraction of sp³-hybridized carbons (Fsp3) is 0.297. The van der Waals surface area contributed by atoms with Crippen molar-refractivity contribution in [3.8, 4) is 11.1 Å². The average molecular weight is 586 g/mol. The number of ether oxygens (including phenoxy) is 1. The minimum absolute atomic E-state index is 0.390. The highest BCUT2D eigenvalue weighted by atomic mass is 16.6. The minimum atomic E-state index is -0.813. The molecule has 0 bridgehead atoms. The number of unbranched alkanes of at least 4 members (excludes halogenated alkanes) is 1. The molecule has 7 heteroatoms. The van der Waals surface area contributed by atoms with E-state index in [1.807, 2.05) is 36.4 Å². The van der Waals surface area contributed by atoms with Crippen LogP contribution in [0.4, 0.5) is 10.7 Å². The van der Waals surface area contributed by atoms with Crippen LogP contribution in [-0.2, 0) is 23.9 Å². The SMILES string of the molecule is Cn1c(N2CCN(CCCCC3(OC(=O)NCc4ccccc4)c4ccccc4-c4ccccc43)CC2)nc2ccccc21. The molecule has 1 fully saturated rings. The molecule has 1 amide bonds. The van der Waals surface area contributed by atoms with Gasteiger partial charge in [0, 0.05) is 50.9 Å². The minimum Gasteiger partial charge on any atom is -0.433 e. The Morgan fingerprint density at radius 2 is 1.43 bits per heavy atom. The summed E-state index contributed by atoms with van der Waals surface area (Å²) in [4.78, 5) is 23.2. The molecule has 44 heavy (non-hydrogen) atoms. The van der Waals surface area contributed by atoms with Crippen LogP contribution in [0.15, 0.2) is 103 Å². The van der Waals surface area contributed by atoms with Crippen LogP contribution in [0.5, 0.6) is 0 Å². The van der Waals surface area contributed by atoms with Crippen molar-refractivity contribution in [3.63, 3.8) is 0 Å². The molecule has 4 aromatic carbocycles. The molecule has 2 heterocycles. The van der Waals surface area contributed by atoms with Crippen LogP contribution >= 0.6 is 0 Å². The predicted octanol–water partition coefficient (Wildman–Crippen LogP) is 6.72. The maximum absolute atomic E-state index is 13.4. The predicted molar refractivity (Wildman–Crippen MR) is 176 cm³/mol. The number of anilines is 1. The molecule has 224 valence electrons. The van der Waals surface area contributed by atoms with Crippen molar-refractivity contribution in [3.05, 3.63) is 120 Å². The topological polar surface area (TPSA) is 62.6 Å². The molecule has 0 atom stereocenters. The summed E-state index contributed by atoms with van der Waals surface area (Å²) in [6.07, 6.45) is 2.32. The smallest absolute Gasteiger partial charge is 0.408 e. The first kappa shape index (κ1) is 28.2. The van der Waals surface area contributed by atoms with Gasteiger partial charge >= 0.3 is 6.09 Å². The van der Waals surface area contributed by atoms with Crippen molar-refractivity contribution in [2.24, 2.45) is 7.05 Å². The second-order valence-electron chi connectivity index (χ2n) is 11.9. The summed E-state index contributed by atoms with van der Waals surface area (Å²) in [5, 5.41) is 3.00. The summed E-state index contributed by atoms with van der Waals surface area (Å²) in [7, 11) is 2.11. The Labute approximate surface area is 259 Å². The van der Waals surface area contributed by atoms with Crippen LogP contribution in [0.25, 0.3) is 22.2 Å². The molecule has 7 nitrogen and oxygen atoms in total. The van der Waals surface area contributed by atoms with Gasteiger partial charge in [0.05, 0.1) is 11.0 Å². The van der Waals surface area contributed by atoms with E-state index in [4.69, 9.17) is 9.72 Å². The first-order valence-corrected chi connectivity index (χ1v) is 15.7. The number of benzene rings is 4. The molecule has 5 aromatic rings. The monoisotopic (exact) mass is 585 g/mol. The van der Waals surface area contributed by atoms with Crippen LogP contribution in [0.1, 0.15) is 36.0 Å². The number of carbonyl (C=O) groups is 1. The number of aryl methyl sites for hydroxylation is 1. The molecule has 0 saturated carbocycles. The number of fused-ring (bicyclic) bond motifs is 4. The molecular weight excluding hydrogens is 546 g/mol. The lowest BCUT2D eigenvalue weighted by atomic mass is 9.86. The number of nitrogens with one attached hydrogen (secondary N) is 1. The Bertz CT molecular complexity index is 1710. The van der Waals surface area contributed by atoms with Gasteiger partial charge in [0.25, 0.3) is 0 Å². The number of hydrogen-bond acceptors (Lipinski definition) is 5. The van der Waals surface area contributed by atoms with Crippen LogP contribution in [0.3, 0.4) is 0 Å².